The third kappa shape index (κ3) is 3.02. The van der Waals surface area contributed by atoms with Crippen molar-refractivity contribution in [3.05, 3.63) is 11.4 Å². The van der Waals surface area contributed by atoms with Crippen LogP contribution in [0.1, 0.15) is 44.1 Å². The van der Waals surface area contributed by atoms with Gasteiger partial charge in [0, 0.05) is 20.3 Å². The van der Waals surface area contributed by atoms with Gasteiger partial charge in [0.15, 0.2) is 0 Å². The molecule has 0 amide bonds. The quantitative estimate of drug-likeness (QED) is 0.760. The molecule has 1 aromatic heterocycles. The third-order valence-corrected chi connectivity index (χ3v) is 2.71. The van der Waals surface area contributed by atoms with Crippen molar-refractivity contribution >= 4 is 0 Å². The molecule has 5 nitrogen and oxygen atoms in total. The van der Waals surface area contributed by atoms with Gasteiger partial charge in [0.2, 0.25) is 0 Å². The van der Waals surface area contributed by atoms with Gasteiger partial charge in [-0.15, -0.1) is 5.10 Å². The van der Waals surface area contributed by atoms with Crippen molar-refractivity contribution in [2.75, 3.05) is 13.7 Å². The number of hydrogen-bond donors (Lipinski definition) is 1. The molecule has 0 aromatic carbocycles. The molecule has 0 saturated carbocycles. The number of aromatic nitrogens is 3. The highest BCUT2D eigenvalue weighted by molar-refractivity contribution is 5.10. The lowest BCUT2D eigenvalue weighted by atomic mass is 10.1. The number of methoxy groups -OCH3 is 1. The van der Waals surface area contributed by atoms with Gasteiger partial charge in [-0.25, -0.2) is 4.68 Å². The lowest BCUT2D eigenvalue weighted by Gasteiger charge is -2.14. The topological polar surface area (TPSA) is 66.0 Å². The van der Waals surface area contributed by atoms with E-state index in [1.165, 1.54) is 5.69 Å². The van der Waals surface area contributed by atoms with Gasteiger partial charge in [-0.1, -0.05) is 18.6 Å². The minimum absolute atomic E-state index is 0.314. The van der Waals surface area contributed by atoms with E-state index < -0.39 is 0 Å². The molecule has 1 aromatic rings. The lowest BCUT2D eigenvalue weighted by molar-refractivity contribution is 0.177. The summed E-state index contributed by atoms with van der Waals surface area (Å²) in [7, 11) is 1.71. The summed E-state index contributed by atoms with van der Waals surface area (Å²) in [5.41, 5.74) is 7.75. The summed E-state index contributed by atoms with van der Waals surface area (Å²) in [6.07, 6.45) is 3.01. The molecule has 0 aliphatic rings. The van der Waals surface area contributed by atoms with Gasteiger partial charge in [-0.05, 0) is 19.8 Å². The maximum atomic E-state index is 5.65. The molecule has 1 heterocycles. The van der Waals surface area contributed by atoms with Gasteiger partial charge >= 0.3 is 0 Å². The Morgan fingerprint density at radius 3 is 2.81 bits per heavy atom. The van der Waals surface area contributed by atoms with Crippen molar-refractivity contribution < 1.29 is 4.74 Å². The zero-order chi connectivity index (χ0) is 12.0. The lowest BCUT2D eigenvalue weighted by Crippen LogP contribution is -2.14. The van der Waals surface area contributed by atoms with Gasteiger partial charge in [0.1, 0.15) is 0 Å². The Morgan fingerprint density at radius 2 is 2.25 bits per heavy atom. The number of nitrogens with two attached hydrogens (primary N) is 1. The molecule has 1 unspecified atom stereocenters. The Kier molecular flexibility index (Phi) is 5.42. The molecule has 0 radical (unpaired) electrons. The van der Waals surface area contributed by atoms with E-state index in [1.54, 1.807) is 7.11 Å². The minimum atomic E-state index is 0.314. The Bertz CT molecular complexity index is 311. The highest BCUT2D eigenvalue weighted by Gasteiger charge is 2.15. The van der Waals surface area contributed by atoms with Crippen LogP contribution in [0.5, 0.6) is 0 Å². The highest BCUT2D eigenvalue weighted by Crippen LogP contribution is 2.16. The van der Waals surface area contributed by atoms with E-state index in [9.17, 15) is 0 Å². The molecule has 0 aliphatic heterocycles. The first kappa shape index (κ1) is 13.1. The number of hydrogen-bond acceptors (Lipinski definition) is 4. The molecule has 0 bridgehead atoms. The first-order chi connectivity index (χ1) is 7.74. The van der Waals surface area contributed by atoms with Crippen LogP contribution >= 0.6 is 0 Å². The maximum Gasteiger partial charge on any atom is 0.0994 e. The Morgan fingerprint density at radius 1 is 1.50 bits per heavy atom. The smallest absolute Gasteiger partial charge is 0.0994 e. The molecule has 92 valence electrons. The predicted octanol–water partition coefficient (Wildman–Crippen LogP) is 1.29. The van der Waals surface area contributed by atoms with Crippen molar-refractivity contribution in [1.29, 1.82) is 0 Å². The van der Waals surface area contributed by atoms with Crippen molar-refractivity contribution in [1.82, 2.24) is 15.0 Å². The van der Waals surface area contributed by atoms with E-state index >= 15 is 0 Å². The average Bonchev–Trinajstić information content (AvgIpc) is 2.69. The van der Waals surface area contributed by atoms with Gasteiger partial charge < -0.3 is 10.5 Å². The predicted molar refractivity (Wildman–Crippen MR) is 63.1 cm³/mol. The second-order valence-corrected chi connectivity index (χ2v) is 4.01. The summed E-state index contributed by atoms with van der Waals surface area (Å²) in [6.45, 7) is 5.49. The van der Waals surface area contributed by atoms with E-state index in [4.69, 9.17) is 10.5 Å². The molecular formula is C11H22N4O. The summed E-state index contributed by atoms with van der Waals surface area (Å²) >= 11 is 0. The Hall–Kier alpha value is -0.940. The van der Waals surface area contributed by atoms with Gasteiger partial charge in [0.25, 0.3) is 0 Å². The molecule has 1 atom stereocenters. The average molecular weight is 226 g/mol. The summed E-state index contributed by atoms with van der Waals surface area (Å²) in [4.78, 5) is 0. The highest BCUT2D eigenvalue weighted by atomic mass is 16.5. The summed E-state index contributed by atoms with van der Waals surface area (Å²) in [5, 5.41) is 8.32. The van der Waals surface area contributed by atoms with E-state index in [-0.39, 0.29) is 0 Å². The number of ether oxygens (including phenoxy) is 1. The van der Waals surface area contributed by atoms with Crippen LogP contribution in [0.2, 0.25) is 0 Å². The van der Waals surface area contributed by atoms with E-state index in [0.29, 0.717) is 12.6 Å². The third-order valence-electron chi connectivity index (χ3n) is 2.71. The molecule has 0 fully saturated rings. The molecule has 0 spiro atoms. The summed E-state index contributed by atoms with van der Waals surface area (Å²) in [6, 6.07) is 0.314. The fraction of sp³-hybridized carbons (Fsp3) is 0.818. The minimum Gasteiger partial charge on any atom is -0.385 e. The van der Waals surface area contributed by atoms with Crippen LogP contribution in [-0.4, -0.2) is 28.7 Å². The van der Waals surface area contributed by atoms with Crippen LogP contribution in [-0.2, 0) is 17.7 Å². The second-order valence-electron chi connectivity index (χ2n) is 4.01. The first-order valence-electron chi connectivity index (χ1n) is 5.86. The summed E-state index contributed by atoms with van der Waals surface area (Å²) in [5.74, 6) is 0. The molecule has 2 N–H and O–H groups in total. The molecule has 1 rings (SSSR count). The van der Waals surface area contributed by atoms with Crippen molar-refractivity contribution in [2.45, 2.75) is 45.7 Å². The Labute approximate surface area is 97.0 Å². The van der Waals surface area contributed by atoms with Crippen molar-refractivity contribution in [2.24, 2.45) is 5.73 Å². The molecular weight excluding hydrogens is 204 g/mol. The fourth-order valence-corrected chi connectivity index (χ4v) is 1.77. The van der Waals surface area contributed by atoms with Gasteiger partial charge in [-0.2, -0.15) is 0 Å². The van der Waals surface area contributed by atoms with E-state index in [2.05, 4.69) is 24.2 Å². The largest absolute Gasteiger partial charge is 0.385 e. The monoisotopic (exact) mass is 226 g/mol. The van der Waals surface area contributed by atoms with Crippen LogP contribution in [0.15, 0.2) is 0 Å². The molecule has 16 heavy (non-hydrogen) atoms. The van der Waals surface area contributed by atoms with Gasteiger partial charge in [-0.3, -0.25) is 0 Å². The Balaban J connectivity index is 2.81. The molecule has 5 heteroatoms. The van der Waals surface area contributed by atoms with Crippen LogP contribution in [0.25, 0.3) is 0 Å². The number of rotatable bonds is 7. The van der Waals surface area contributed by atoms with Gasteiger partial charge in [0.05, 0.1) is 17.4 Å². The normalized spacial score (nSPS) is 13.0. The van der Waals surface area contributed by atoms with E-state index in [1.807, 2.05) is 4.68 Å². The SMILES string of the molecule is CCCc1c(CN)nnn1C(C)CCOC. The second kappa shape index (κ2) is 6.60. The summed E-state index contributed by atoms with van der Waals surface area (Å²) < 4.78 is 7.07. The van der Waals surface area contributed by atoms with Crippen molar-refractivity contribution in [3.63, 3.8) is 0 Å². The van der Waals surface area contributed by atoms with Crippen molar-refractivity contribution in [3.8, 4) is 0 Å². The first-order valence-corrected chi connectivity index (χ1v) is 5.86. The van der Waals surface area contributed by atoms with E-state index in [0.717, 1.165) is 31.6 Å². The fourth-order valence-electron chi connectivity index (χ4n) is 1.77. The number of nitrogens with zero attached hydrogens (tertiary/aromatic N) is 3. The zero-order valence-corrected chi connectivity index (χ0v) is 10.4. The van der Waals surface area contributed by atoms with Crippen LogP contribution in [0.4, 0.5) is 0 Å². The van der Waals surface area contributed by atoms with Crippen LogP contribution < -0.4 is 5.73 Å². The molecule has 0 saturated heterocycles. The zero-order valence-electron chi connectivity index (χ0n) is 10.4. The van der Waals surface area contributed by atoms with Crippen LogP contribution in [0, 0.1) is 0 Å². The standard InChI is InChI=1S/C11H22N4O/c1-4-5-11-10(8-12)13-14-15(11)9(2)6-7-16-3/h9H,4-8,12H2,1-3H3. The molecule has 0 aliphatic carbocycles. The van der Waals surface area contributed by atoms with Crippen LogP contribution in [0.3, 0.4) is 0 Å². The maximum absolute atomic E-state index is 5.65.